The molecule has 0 atom stereocenters. The number of rotatable bonds is 3. The first-order chi connectivity index (χ1) is 10.2. The molecule has 4 heteroatoms. The van der Waals surface area contributed by atoms with Crippen LogP contribution < -0.4 is 5.32 Å². The summed E-state index contributed by atoms with van der Waals surface area (Å²) < 4.78 is 19.1. The zero-order valence-corrected chi connectivity index (χ0v) is 11.5. The molecule has 3 rings (SSSR count). The van der Waals surface area contributed by atoms with Crippen molar-refractivity contribution in [2.24, 2.45) is 0 Å². The first-order valence-corrected chi connectivity index (χ1v) is 6.66. The summed E-state index contributed by atoms with van der Waals surface area (Å²) in [5, 5.41) is 3.60. The van der Waals surface area contributed by atoms with E-state index in [-0.39, 0.29) is 24.0 Å². The number of furan rings is 1. The summed E-state index contributed by atoms with van der Waals surface area (Å²) in [4.78, 5) is 12.2. The summed E-state index contributed by atoms with van der Waals surface area (Å²) in [5.41, 5.74) is 1.90. The molecule has 0 unspecified atom stereocenters. The lowest BCUT2D eigenvalue weighted by Gasteiger charge is -2.05. The Hall–Kier alpha value is -2.62. The number of hydrogen-bond acceptors (Lipinski definition) is 2. The van der Waals surface area contributed by atoms with E-state index in [9.17, 15) is 9.18 Å². The molecule has 1 aromatic heterocycles. The van der Waals surface area contributed by atoms with Crippen molar-refractivity contribution in [1.29, 1.82) is 0 Å². The molecule has 1 amide bonds. The summed E-state index contributed by atoms with van der Waals surface area (Å²) in [6.07, 6.45) is 0. The Bertz CT molecular complexity index is 807. The smallest absolute Gasteiger partial charge is 0.287 e. The third kappa shape index (κ3) is 2.52. The van der Waals surface area contributed by atoms with Crippen molar-refractivity contribution in [2.45, 2.75) is 13.5 Å². The minimum Gasteiger partial charge on any atom is -0.451 e. The molecule has 2 aromatic carbocycles. The number of hydrogen-bond donors (Lipinski definition) is 1. The Morgan fingerprint density at radius 3 is 2.62 bits per heavy atom. The third-order valence-electron chi connectivity index (χ3n) is 3.45. The van der Waals surface area contributed by atoms with Crippen LogP contribution in [0.15, 0.2) is 52.9 Å². The highest BCUT2D eigenvalue weighted by molar-refractivity contribution is 5.98. The van der Waals surface area contributed by atoms with E-state index >= 15 is 0 Å². The van der Waals surface area contributed by atoms with E-state index in [2.05, 4.69) is 5.32 Å². The molecule has 0 aliphatic carbocycles. The van der Waals surface area contributed by atoms with Gasteiger partial charge in [-0.25, -0.2) is 4.39 Å². The average Bonchev–Trinajstić information content (AvgIpc) is 2.84. The molecule has 0 aliphatic heterocycles. The second kappa shape index (κ2) is 5.40. The molecule has 1 N–H and O–H groups in total. The number of carbonyl (C=O) groups excluding carboxylic acids is 1. The number of halogens is 1. The molecular weight excluding hydrogens is 269 g/mol. The molecule has 0 spiro atoms. The van der Waals surface area contributed by atoms with Gasteiger partial charge in [0.05, 0.1) is 0 Å². The molecule has 0 radical (unpaired) electrons. The fourth-order valence-electron chi connectivity index (χ4n) is 2.29. The van der Waals surface area contributed by atoms with E-state index in [1.807, 2.05) is 31.2 Å². The summed E-state index contributed by atoms with van der Waals surface area (Å²) in [6.45, 7) is 1.96. The van der Waals surface area contributed by atoms with Crippen LogP contribution in [-0.4, -0.2) is 5.91 Å². The molecule has 3 nitrogen and oxygen atoms in total. The number of fused-ring (bicyclic) bond motifs is 1. The minimum atomic E-state index is -0.341. The van der Waals surface area contributed by atoms with Crippen molar-refractivity contribution in [3.63, 3.8) is 0 Å². The Balaban J connectivity index is 1.81. The van der Waals surface area contributed by atoms with Crippen LogP contribution in [0.3, 0.4) is 0 Å². The Morgan fingerprint density at radius 2 is 1.86 bits per heavy atom. The van der Waals surface area contributed by atoms with Crippen LogP contribution in [0.1, 0.15) is 21.7 Å². The zero-order valence-electron chi connectivity index (χ0n) is 11.5. The van der Waals surface area contributed by atoms with Crippen molar-refractivity contribution >= 4 is 16.9 Å². The number of para-hydroxylation sites is 1. The molecule has 0 saturated carbocycles. The number of carbonyl (C=O) groups is 1. The van der Waals surface area contributed by atoms with E-state index in [0.717, 1.165) is 10.9 Å². The van der Waals surface area contributed by atoms with Gasteiger partial charge < -0.3 is 9.73 Å². The second-order valence-electron chi connectivity index (χ2n) is 4.83. The average molecular weight is 283 g/mol. The molecule has 0 fully saturated rings. The molecule has 106 valence electrons. The van der Waals surface area contributed by atoms with Crippen molar-refractivity contribution in [3.05, 3.63) is 71.2 Å². The molecule has 1 heterocycles. The van der Waals surface area contributed by atoms with Crippen LogP contribution in [-0.2, 0) is 6.54 Å². The normalized spacial score (nSPS) is 10.8. The maximum absolute atomic E-state index is 13.5. The van der Waals surface area contributed by atoms with Crippen LogP contribution in [0.4, 0.5) is 4.39 Å². The predicted molar refractivity (Wildman–Crippen MR) is 78.5 cm³/mol. The van der Waals surface area contributed by atoms with Crippen molar-refractivity contribution < 1.29 is 13.6 Å². The van der Waals surface area contributed by atoms with Crippen molar-refractivity contribution in [1.82, 2.24) is 5.32 Å². The van der Waals surface area contributed by atoms with Crippen LogP contribution in [0, 0.1) is 12.7 Å². The first-order valence-electron chi connectivity index (χ1n) is 6.66. The zero-order chi connectivity index (χ0) is 14.8. The van der Waals surface area contributed by atoms with Gasteiger partial charge in [-0.05, 0) is 19.1 Å². The second-order valence-corrected chi connectivity index (χ2v) is 4.83. The summed E-state index contributed by atoms with van der Waals surface area (Å²) >= 11 is 0. The lowest BCUT2D eigenvalue weighted by molar-refractivity contribution is 0.0924. The topological polar surface area (TPSA) is 42.2 Å². The SMILES string of the molecule is Cc1c(C(=O)NCc2ccccc2F)oc2ccccc12. The highest BCUT2D eigenvalue weighted by atomic mass is 19.1. The standard InChI is InChI=1S/C17H14FNO2/c1-11-13-7-3-5-9-15(13)21-16(11)17(20)19-10-12-6-2-4-8-14(12)18/h2-9H,10H2,1H3,(H,19,20). The predicted octanol–water partition coefficient (Wildman–Crippen LogP) is 3.81. The fourth-order valence-corrected chi connectivity index (χ4v) is 2.29. The minimum absolute atomic E-state index is 0.127. The van der Waals surface area contributed by atoms with E-state index in [1.165, 1.54) is 6.07 Å². The maximum atomic E-state index is 13.5. The lowest BCUT2D eigenvalue weighted by atomic mass is 10.1. The van der Waals surface area contributed by atoms with Gasteiger partial charge in [0.1, 0.15) is 11.4 Å². The highest BCUT2D eigenvalue weighted by Gasteiger charge is 2.17. The molecule has 21 heavy (non-hydrogen) atoms. The van der Waals surface area contributed by atoms with E-state index < -0.39 is 0 Å². The van der Waals surface area contributed by atoms with Crippen LogP contribution in [0.2, 0.25) is 0 Å². The molecular formula is C17H14FNO2. The molecule has 0 aliphatic rings. The number of nitrogens with one attached hydrogen (secondary N) is 1. The van der Waals surface area contributed by atoms with Gasteiger partial charge in [-0.3, -0.25) is 4.79 Å². The number of benzene rings is 2. The van der Waals surface area contributed by atoms with Gasteiger partial charge in [0.25, 0.3) is 5.91 Å². The van der Waals surface area contributed by atoms with Crippen LogP contribution in [0.5, 0.6) is 0 Å². The summed E-state index contributed by atoms with van der Waals surface area (Å²) in [5.74, 6) is -0.404. The number of amides is 1. The van der Waals surface area contributed by atoms with E-state index in [1.54, 1.807) is 18.2 Å². The summed E-state index contributed by atoms with van der Waals surface area (Å²) in [7, 11) is 0. The quantitative estimate of drug-likeness (QED) is 0.794. The van der Waals surface area contributed by atoms with Gasteiger partial charge in [-0.1, -0.05) is 36.4 Å². The van der Waals surface area contributed by atoms with Crippen LogP contribution >= 0.6 is 0 Å². The van der Waals surface area contributed by atoms with Gasteiger partial charge in [0.2, 0.25) is 0 Å². The first kappa shape index (κ1) is 13.4. The van der Waals surface area contributed by atoms with Crippen molar-refractivity contribution in [2.75, 3.05) is 0 Å². The molecule has 0 saturated heterocycles. The monoisotopic (exact) mass is 283 g/mol. The highest BCUT2D eigenvalue weighted by Crippen LogP contribution is 2.24. The van der Waals surface area contributed by atoms with Gasteiger partial charge in [-0.2, -0.15) is 0 Å². The van der Waals surface area contributed by atoms with Gasteiger partial charge >= 0.3 is 0 Å². The van der Waals surface area contributed by atoms with Crippen LogP contribution in [0.25, 0.3) is 11.0 Å². The van der Waals surface area contributed by atoms with Crippen molar-refractivity contribution in [3.8, 4) is 0 Å². The largest absolute Gasteiger partial charge is 0.451 e. The van der Waals surface area contributed by atoms with Gasteiger partial charge in [0.15, 0.2) is 5.76 Å². The van der Waals surface area contributed by atoms with E-state index in [4.69, 9.17) is 4.42 Å². The van der Waals surface area contributed by atoms with Gasteiger partial charge in [-0.15, -0.1) is 0 Å². The number of aryl methyl sites for hydroxylation is 1. The van der Waals surface area contributed by atoms with E-state index in [0.29, 0.717) is 11.1 Å². The Kier molecular flexibility index (Phi) is 3.44. The maximum Gasteiger partial charge on any atom is 0.287 e. The van der Waals surface area contributed by atoms with Gasteiger partial charge in [0, 0.05) is 23.1 Å². The Morgan fingerprint density at radius 1 is 1.14 bits per heavy atom. The third-order valence-corrected chi connectivity index (χ3v) is 3.45. The molecule has 0 bridgehead atoms. The Labute approximate surface area is 121 Å². The lowest BCUT2D eigenvalue weighted by Crippen LogP contribution is -2.23. The summed E-state index contributed by atoms with van der Waals surface area (Å²) in [6, 6.07) is 13.8. The fraction of sp³-hybridized carbons (Fsp3) is 0.118. The molecule has 3 aromatic rings.